The van der Waals surface area contributed by atoms with Crippen LogP contribution in [-0.2, 0) is 10.5 Å². The number of hydrogen-bond acceptors (Lipinski definition) is 6. The summed E-state index contributed by atoms with van der Waals surface area (Å²) in [5.74, 6) is 1.33. The van der Waals surface area contributed by atoms with E-state index in [-0.39, 0.29) is 12.5 Å². The molecule has 0 saturated heterocycles. The number of anilines is 1. The third kappa shape index (κ3) is 5.56. The van der Waals surface area contributed by atoms with Crippen LogP contribution in [0, 0.1) is 27.7 Å². The van der Waals surface area contributed by atoms with E-state index in [0.29, 0.717) is 5.13 Å². The van der Waals surface area contributed by atoms with E-state index < -0.39 is 0 Å². The van der Waals surface area contributed by atoms with Gasteiger partial charge in [-0.3, -0.25) is 10.1 Å². The summed E-state index contributed by atoms with van der Waals surface area (Å²) in [6, 6.07) is 12.5. The molecule has 3 aromatic rings. The van der Waals surface area contributed by atoms with Gasteiger partial charge < -0.3 is 4.74 Å². The molecule has 1 amide bonds. The van der Waals surface area contributed by atoms with E-state index in [1.54, 1.807) is 11.8 Å². The lowest BCUT2D eigenvalue weighted by Crippen LogP contribution is -2.20. The van der Waals surface area contributed by atoms with Crippen molar-refractivity contribution in [1.82, 2.24) is 10.2 Å². The fraction of sp³-hybridized carbons (Fsp3) is 0.286. The molecular formula is C21H23N3O2S2. The minimum atomic E-state index is -0.245. The number of ether oxygens (including phenoxy) is 1. The normalized spacial score (nSPS) is 10.7. The van der Waals surface area contributed by atoms with E-state index in [0.717, 1.165) is 27.0 Å². The molecule has 2 aromatic carbocycles. The van der Waals surface area contributed by atoms with Crippen molar-refractivity contribution in [2.45, 2.75) is 37.8 Å². The molecule has 3 rings (SSSR count). The van der Waals surface area contributed by atoms with Gasteiger partial charge in [-0.05, 0) is 44.4 Å². The Morgan fingerprint density at radius 2 is 1.71 bits per heavy atom. The molecule has 0 saturated carbocycles. The molecule has 0 bridgehead atoms. The largest absolute Gasteiger partial charge is 0.483 e. The highest BCUT2D eigenvalue weighted by Crippen LogP contribution is 2.28. The highest BCUT2D eigenvalue weighted by atomic mass is 32.2. The Hall–Kier alpha value is -2.38. The van der Waals surface area contributed by atoms with Gasteiger partial charge in [0.15, 0.2) is 10.9 Å². The molecule has 0 unspecified atom stereocenters. The van der Waals surface area contributed by atoms with E-state index in [1.165, 1.54) is 28.0 Å². The average molecular weight is 414 g/mol. The van der Waals surface area contributed by atoms with Crippen molar-refractivity contribution in [2.75, 3.05) is 11.9 Å². The first kappa shape index (κ1) is 20.4. The molecule has 5 nitrogen and oxygen atoms in total. The molecule has 1 N–H and O–H groups in total. The molecule has 0 aliphatic heterocycles. The van der Waals surface area contributed by atoms with Gasteiger partial charge in [0.25, 0.3) is 5.91 Å². The van der Waals surface area contributed by atoms with Gasteiger partial charge in [0.2, 0.25) is 5.13 Å². The smallest absolute Gasteiger partial charge is 0.264 e. The molecule has 28 heavy (non-hydrogen) atoms. The van der Waals surface area contributed by atoms with Crippen molar-refractivity contribution in [3.05, 3.63) is 64.2 Å². The molecule has 0 aliphatic carbocycles. The summed E-state index contributed by atoms with van der Waals surface area (Å²) in [6.07, 6.45) is 0. The van der Waals surface area contributed by atoms with E-state index in [4.69, 9.17) is 4.74 Å². The molecule has 0 atom stereocenters. The first-order valence-corrected chi connectivity index (χ1v) is 10.7. The summed E-state index contributed by atoms with van der Waals surface area (Å²) in [5.41, 5.74) is 5.70. The molecule has 0 spiro atoms. The van der Waals surface area contributed by atoms with Gasteiger partial charge in [-0.15, -0.1) is 10.2 Å². The first-order valence-electron chi connectivity index (χ1n) is 8.93. The molecule has 1 aromatic heterocycles. The Morgan fingerprint density at radius 3 is 2.39 bits per heavy atom. The fourth-order valence-electron chi connectivity index (χ4n) is 2.84. The number of rotatable bonds is 7. The van der Waals surface area contributed by atoms with Crippen LogP contribution in [0.1, 0.15) is 27.8 Å². The van der Waals surface area contributed by atoms with Crippen molar-refractivity contribution in [2.24, 2.45) is 0 Å². The van der Waals surface area contributed by atoms with E-state index in [2.05, 4.69) is 46.7 Å². The van der Waals surface area contributed by atoms with Crippen LogP contribution in [-0.4, -0.2) is 22.7 Å². The number of benzene rings is 2. The summed E-state index contributed by atoms with van der Waals surface area (Å²) in [7, 11) is 0. The zero-order valence-corrected chi connectivity index (χ0v) is 18.0. The second-order valence-corrected chi connectivity index (χ2v) is 8.91. The van der Waals surface area contributed by atoms with Gasteiger partial charge in [-0.2, -0.15) is 0 Å². The molecule has 0 fully saturated rings. The maximum atomic E-state index is 12.2. The standard InChI is InChI=1S/C21H23N3O2S2/c1-13-5-7-17(8-6-13)12-27-21-24-23-20(28-21)22-18(25)11-26-19-15(3)9-14(2)10-16(19)4/h5-10H,11-12H2,1-4H3,(H,22,23,25). The number of aromatic nitrogens is 2. The van der Waals surface area contributed by atoms with Crippen LogP contribution in [0.5, 0.6) is 5.75 Å². The number of hydrogen-bond donors (Lipinski definition) is 1. The summed E-state index contributed by atoms with van der Waals surface area (Å²) in [6.45, 7) is 8.02. The van der Waals surface area contributed by atoms with Gasteiger partial charge >= 0.3 is 0 Å². The van der Waals surface area contributed by atoms with Crippen molar-refractivity contribution >= 4 is 34.1 Å². The zero-order valence-electron chi connectivity index (χ0n) is 16.4. The molecule has 0 radical (unpaired) electrons. The Morgan fingerprint density at radius 1 is 1.04 bits per heavy atom. The Bertz CT molecular complexity index is 945. The highest BCUT2D eigenvalue weighted by Gasteiger charge is 2.11. The number of aryl methyl sites for hydroxylation is 4. The van der Waals surface area contributed by atoms with Crippen LogP contribution < -0.4 is 10.1 Å². The number of nitrogens with one attached hydrogen (secondary N) is 1. The lowest BCUT2D eigenvalue weighted by molar-refractivity contribution is -0.118. The van der Waals surface area contributed by atoms with Gasteiger partial charge in [-0.25, -0.2) is 0 Å². The van der Waals surface area contributed by atoms with Gasteiger partial charge in [0, 0.05) is 5.75 Å². The van der Waals surface area contributed by atoms with Crippen molar-refractivity contribution < 1.29 is 9.53 Å². The van der Waals surface area contributed by atoms with E-state index in [1.807, 2.05) is 32.9 Å². The van der Waals surface area contributed by atoms with Crippen LogP contribution in [0.3, 0.4) is 0 Å². The SMILES string of the molecule is Cc1ccc(CSc2nnc(NC(=O)COc3c(C)cc(C)cc3C)s2)cc1. The predicted molar refractivity (Wildman–Crippen MR) is 115 cm³/mol. The lowest BCUT2D eigenvalue weighted by Gasteiger charge is -2.12. The van der Waals surface area contributed by atoms with Gasteiger partial charge in [0.05, 0.1) is 0 Å². The maximum absolute atomic E-state index is 12.2. The second kappa shape index (κ2) is 9.21. The second-order valence-electron chi connectivity index (χ2n) is 6.71. The number of carbonyl (C=O) groups excluding carboxylic acids is 1. The summed E-state index contributed by atoms with van der Waals surface area (Å²) in [5, 5.41) is 11.4. The maximum Gasteiger partial charge on any atom is 0.264 e. The van der Waals surface area contributed by atoms with Crippen molar-refractivity contribution in [1.29, 1.82) is 0 Å². The van der Waals surface area contributed by atoms with Crippen LogP contribution >= 0.6 is 23.1 Å². The fourth-order valence-corrected chi connectivity index (χ4v) is 4.56. The van der Waals surface area contributed by atoms with Crippen LogP contribution in [0.2, 0.25) is 0 Å². The molecule has 0 aliphatic rings. The number of amides is 1. The first-order chi connectivity index (χ1) is 13.4. The molecule has 146 valence electrons. The van der Waals surface area contributed by atoms with Gasteiger partial charge in [0.1, 0.15) is 5.75 Å². The van der Waals surface area contributed by atoms with Crippen LogP contribution in [0.4, 0.5) is 5.13 Å². The lowest BCUT2D eigenvalue weighted by atomic mass is 10.1. The Kier molecular flexibility index (Phi) is 6.70. The van der Waals surface area contributed by atoms with E-state index in [9.17, 15) is 4.79 Å². The summed E-state index contributed by atoms with van der Waals surface area (Å²) in [4.78, 5) is 12.2. The summed E-state index contributed by atoms with van der Waals surface area (Å²) >= 11 is 2.97. The quantitative estimate of drug-likeness (QED) is 0.432. The Labute approximate surface area is 173 Å². The summed E-state index contributed by atoms with van der Waals surface area (Å²) < 4.78 is 6.54. The minimum absolute atomic E-state index is 0.0594. The molecular weight excluding hydrogens is 390 g/mol. The predicted octanol–water partition coefficient (Wildman–Crippen LogP) is 5.08. The Balaban J connectivity index is 1.50. The average Bonchev–Trinajstić information content (AvgIpc) is 3.07. The highest BCUT2D eigenvalue weighted by molar-refractivity contribution is 8.00. The molecule has 1 heterocycles. The van der Waals surface area contributed by atoms with Crippen LogP contribution in [0.15, 0.2) is 40.7 Å². The number of thioether (sulfide) groups is 1. The van der Waals surface area contributed by atoms with Gasteiger partial charge in [-0.1, -0.05) is 70.6 Å². The van der Waals surface area contributed by atoms with Crippen LogP contribution in [0.25, 0.3) is 0 Å². The topological polar surface area (TPSA) is 64.1 Å². The number of nitrogens with zero attached hydrogens (tertiary/aromatic N) is 2. The van der Waals surface area contributed by atoms with E-state index >= 15 is 0 Å². The third-order valence-electron chi connectivity index (χ3n) is 4.09. The monoisotopic (exact) mass is 413 g/mol. The molecule has 7 heteroatoms. The van der Waals surface area contributed by atoms with Crippen molar-refractivity contribution in [3.63, 3.8) is 0 Å². The minimum Gasteiger partial charge on any atom is -0.483 e. The van der Waals surface area contributed by atoms with Crippen molar-refractivity contribution in [3.8, 4) is 5.75 Å². The third-order valence-corrected chi connectivity index (χ3v) is 6.13. The zero-order chi connectivity index (χ0) is 20.1. The number of carbonyl (C=O) groups is 1.